The molecule has 0 radical (unpaired) electrons. The maximum absolute atomic E-state index is 13.1. The quantitative estimate of drug-likeness (QED) is 0.818. The molecule has 126 valence electrons. The molecule has 24 heavy (non-hydrogen) atoms. The van der Waals surface area contributed by atoms with E-state index in [4.69, 9.17) is 9.47 Å². The minimum absolute atomic E-state index is 0.0162. The first kappa shape index (κ1) is 16.5. The highest BCUT2D eigenvalue weighted by molar-refractivity contribution is 5.79. The first-order valence-electron chi connectivity index (χ1n) is 7.91. The molecule has 1 amide bonds. The summed E-state index contributed by atoms with van der Waals surface area (Å²) in [5.74, 6) is 0.564. The van der Waals surface area contributed by atoms with Crippen LogP contribution in [0.4, 0.5) is 4.39 Å². The van der Waals surface area contributed by atoms with Crippen LogP contribution in [0.1, 0.15) is 11.1 Å². The predicted octanol–water partition coefficient (Wildman–Crippen LogP) is 2.80. The van der Waals surface area contributed by atoms with Crippen LogP contribution in [0.15, 0.2) is 48.5 Å². The molecule has 2 aromatic carbocycles. The smallest absolute Gasteiger partial charge is 0.227 e. The van der Waals surface area contributed by atoms with E-state index in [1.54, 1.807) is 18.1 Å². The summed E-state index contributed by atoms with van der Waals surface area (Å²) in [4.78, 5) is 14.0. The van der Waals surface area contributed by atoms with Gasteiger partial charge in [0.15, 0.2) is 0 Å². The van der Waals surface area contributed by atoms with Gasteiger partial charge in [0.25, 0.3) is 0 Å². The number of hydrogen-bond donors (Lipinski definition) is 0. The third kappa shape index (κ3) is 4.11. The van der Waals surface area contributed by atoms with Crippen LogP contribution in [0, 0.1) is 5.82 Å². The van der Waals surface area contributed by atoms with Crippen molar-refractivity contribution in [2.45, 2.75) is 19.1 Å². The number of halogens is 1. The van der Waals surface area contributed by atoms with E-state index in [-0.39, 0.29) is 17.8 Å². The van der Waals surface area contributed by atoms with Gasteiger partial charge in [0.2, 0.25) is 5.91 Å². The molecule has 0 aliphatic carbocycles. The highest BCUT2D eigenvalue weighted by atomic mass is 19.1. The second kappa shape index (κ2) is 7.45. The van der Waals surface area contributed by atoms with Gasteiger partial charge in [0.1, 0.15) is 11.6 Å². The zero-order valence-electron chi connectivity index (χ0n) is 13.6. The number of nitrogens with zero attached hydrogens (tertiary/aromatic N) is 1. The molecule has 1 heterocycles. The highest BCUT2D eigenvalue weighted by Gasteiger charge is 2.31. The molecule has 0 atom stereocenters. The molecule has 1 saturated heterocycles. The molecule has 0 N–H and O–H groups in total. The molecule has 0 unspecified atom stereocenters. The third-order valence-electron chi connectivity index (χ3n) is 4.06. The van der Waals surface area contributed by atoms with Crippen molar-refractivity contribution in [2.24, 2.45) is 0 Å². The number of amides is 1. The summed E-state index contributed by atoms with van der Waals surface area (Å²) >= 11 is 0. The normalized spacial score (nSPS) is 14.3. The van der Waals surface area contributed by atoms with Crippen LogP contribution >= 0.6 is 0 Å². The maximum Gasteiger partial charge on any atom is 0.227 e. The van der Waals surface area contributed by atoms with Gasteiger partial charge in [-0.05, 0) is 35.4 Å². The van der Waals surface area contributed by atoms with Gasteiger partial charge < -0.3 is 14.4 Å². The Balaban J connectivity index is 1.43. The summed E-state index contributed by atoms with van der Waals surface area (Å²) in [6.07, 6.45) is 0.371. The molecule has 0 saturated carbocycles. The first-order chi connectivity index (χ1) is 11.6. The number of rotatable bonds is 6. The van der Waals surface area contributed by atoms with Crippen LogP contribution < -0.4 is 4.74 Å². The standard InChI is InChI=1S/C19H20FNO3/c1-23-17-7-3-4-14(9-17)10-19(22)21-11-18(12-21)24-13-15-5-2-6-16(20)8-15/h2-9,18H,10-13H2,1H3. The second-order valence-corrected chi connectivity index (χ2v) is 5.89. The lowest BCUT2D eigenvalue weighted by Gasteiger charge is -2.39. The van der Waals surface area contributed by atoms with Crippen molar-refractivity contribution in [2.75, 3.05) is 20.2 Å². The summed E-state index contributed by atoms with van der Waals surface area (Å²) in [7, 11) is 1.61. The van der Waals surface area contributed by atoms with Gasteiger partial charge in [-0.2, -0.15) is 0 Å². The van der Waals surface area contributed by atoms with Crippen molar-refractivity contribution < 1.29 is 18.7 Å². The predicted molar refractivity (Wildman–Crippen MR) is 88.3 cm³/mol. The minimum Gasteiger partial charge on any atom is -0.497 e. The van der Waals surface area contributed by atoms with E-state index in [0.29, 0.717) is 26.1 Å². The molecular formula is C19H20FNO3. The van der Waals surface area contributed by atoms with Crippen LogP contribution in [0.5, 0.6) is 5.75 Å². The monoisotopic (exact) mass is 329 g/mol. The maximum atomic E-state index is 13.1. The lowest BCUT2D eigenvalue weighted by Crippen LogP contribution is -2.55. The van der Waals surface area contributed by atoms with Crippen LogP contribution in [0.2, 0.25) is 0 Å². The summed E-state index contributed by atoms with van der Waals surface area (Å²) in [6.45, 7) is 1.52. The summed E-state index contributed by atoms with van der Waals surface area (Å²) in [5.41, 5.74) is 1.74. The van der Waals surface area contributed by atoms with Crippen molar-refractivity contribution in [3.8, 4) is 5.75 Å². The number of carbonyl (C=O) groups excluding carboxylic acids is 1. The number of benzene rings is 2. The van der Waals surface area contributed by atoms with Gasteiger partial charge in [-0.25, -0.2) is 4.39 Å². The van der Waals surface area contributed by atoms with Crippen molar-refractivity contribution in [1.29, 1.82) is 0 Å². The average molecular weight is 329 g/mol. The fourth-order valence-corrected chi connectivity index (χ4v) is 2.66. The zero-order chi connectivity index (χ0) is 16.9. The van der Waals surface area contributed by atoms with Crippen molar-refractivity contribution in [3.05, 3.63) is 65.5 Å². The van der Waals surface area contributed by atoms with Crippen LogP contribution in [-0.4, -0.2) is 37.1 Å². The fraction of sp³-hybridized carbons (Fsp3) is 0.316. The van der Waals surface area contributed by atoms with Crippen molar-refractivity contribution in [1.82, 2.24) is 4.90 Å². The first-order valence-corrected chi connectivity index (χ1v) is 7.91. The number of methoxy groups -OCH3 is 1. The topological polar surface area (TPSA) is 38.8 Å². The molecule has 3 rings (SSSR count). The Morgan fingerprint density at radius 3 is 2.67 bits per heavy atom. The Kier molecular flexibility index (Phi) is 5.11. The number of hydrogen-bond acceptors (Lipinski definition) is 3. The van der Waals surface area contributed by atoms with E-state index in [9.17, 15) is 9.18 Å². The van der Waals surface area contributed by atoms with E-state index in [2.05, 4.69) is 0 Å². The van der Waals surface area contributed by atoms with Gasteiger partial charge in [0.05, 0.1) is 26.2 Å². The molecule has 0 aromatic heterocycles. The molecule has 1 aliphatic rings. The minimum atomic E-state index is -0.264. The molecule has 2 aromatic rings. The second-order valence-electron chi connectivity index (χ2n) is 5.89. The largest absolute Gasteiger partial charge is 0.497 e. The molecule has 0 bridgehead atoms. The van der Waals surface area contributed by atoms with Gasteiger partial charge in [-0.15, -0.1) is 0 Å². The highest BCUT2D eigenvalue weighted by Crippen LogP contribution is 2.18. The van der Waals surface area contributed by atoms with Gasteiger partial charge in [0, 0.05) is 13.1 Å². The Hall–Kier alpha value is -2.40. The number of likely N-dealkylation sites (tertiary alicyclic amines) is 1. The molecule has 1 fully saturated rings. The summed E-state index contributed by atoms with van der Waals surface area (Å²) in [6, 6.07) is 13.9. The van der Waals surface area contributed by atoms with Gasteiger partial charge >= 0.3 is 0 Å². The van der Waals surface area contributed by atoms with E-state index in [1.807, 2.05) is 30.3 Å². The lowest BCUT2D eigenvalue weighted by molar-refractivity contribution is -0.145. The Bertz CT molecular complexity index is 713. The van der Waals surface area contributed by atoms with E-state index in [0.717, 1.165) is 16.9 Å². The summed E-state index contributed by atoms with van der Waals surface area (Å²) < 4.78 is 24.0. The van der Waals surface area contributed by atoms with Crippen LogP contribution in [0.25, 0.3) is 0 Å². The van der Waals surface area contributed by atoms with Crippen LogP contribution in [-0.2, 0) is 22.6 Å². The third-order valence-corrected chi connectivity index (χ3v) is 4.06. The molecule has 5 heteroatoms. The summed E-state index contributed by atoms with van der Waals surface area (Å²) in [5, 5.41) is 0. The molecular weight excluding hydrogens is 309 g/mol. The van der Waals surface area contributed by atoms with E-state index < -0.39 is 0 Å². The SMILES string of the molecule is COc1cccc(CC(=O)N2CC(OCc3cccc(F)c3)C2)c1. The van der Waals surface area contributed by atoms with E-state index in [1.165, 1.54) is 12.1 Å². The fourth-order valence-electron chi connectivity index (χ4n) is 2.66. The molecule has 1 aliphatic heterocycles. The average Bonchev–Trinajstić information content (AvgIpc) is 2.53. The van der Waals surface area contributed by atoms with Gasteiger partial charge in [-0.3, -0.25) is 4.79 Å². The van der Waals surface area contributed by atoms with Crippen molar-refractivity contribution in [3.63, 3.8) is 0 Å². The van der Waals surface area contributed by atoms with Crippen LogP contribution in [0.3, 0.4) is 0 Å². The Morgan fingerprint density at radius 2 is 1.92 bits per heavy atom. The van der Waals surface area contributed by atoms with Crippen molar-refractivity contribution >= 4 is 5.91 Å². The molecule has 4 nitrogen and oxygen atoms in total. The number of carbonyl (C=O) groups is 1. The number of ether oxygens (including phenoxy) is 2. The Morgan fingerprint density at radius 1 is 1.17 bits per heavy atom. The van der Waals surface area contributed by atoms with Gasteiger partial charge in [-0.1, -0.05) is 24.3 Å². The van der Waals surface area contributed by atoms with E-state index >= 15 is 0 Å². The molecule has 0 spiro atoms. The lowest BCUT2D eigenvalue weighted by atomic mass is 10.1. The Labute approximate surface area is 140 Å². The zero-order valence-corrected chi connectivity index (χ0v) is 13.6.